The van der Waals surface area contributed by atoms with Crippen LogP contribution in [0.5, 0.6) is 0 Å². The smallest absolute Gasteiger partial charge is 0.124 e. The number of aliphatic hydroxyl groups excluding tert-OH is 1. The summed E-state index contributed by atoms with van der Waals surface area (Å²) in [5.74, 6) is 5.39. The van der Waals surface area contributed by atoms with Gasteiger partial charge in [0.15, 0.2) is 0 Å². The second-order valence-electron chi connectivity index (χ2n) is 5.94. The van der Waals surface area contributed by atoms with Crippen molar-refractivity contribution < 1.29 is 14.2 Å². The molecule has 3 heteroatoms. The van der Waals surface area contributed by atoms with E-state index in [2.05, 4.69) is 32.6 Å². The van der Waals surface area contributed by atoms with Crippen molar-refractivity contribution in [2.24, 2.45) is 5.41 Å². The molecule has 2 nitrogen and oxygen atoms in total. The summed E-state index contributed by atoms with van der Waals surface area (Å²) in [7, 11) is 0. The van der Waals surface area contributed by atoms with E-state index in [9.17, 15) is 4.39 Å². The van der Waals surface area contributed by atoms with Gasteiger partial charge in [-0.15, -0.1) is 0 Å². The molecule has 20 heavy (non-hydrogen) atoms. The first-order valence-corrected chi connectivity index (χ1v) is 6.88. The van der Waals surface area contributed by atoms with Crippen molar-refractivity contribution in [2.75, 3.05) is 13.2 Å². The third-order valence-corrected chi connectivity index (χ3v) is 2.79. The Morgan fingerprint density at radius 2 is 2.05 bits per heavy atom. The first-order chi connectivity index (χ1) is 9.42. The van der Waals surface area contributed by atoms with E-state index in [-0.39, 0.29) is 17.8 Å². The minimum Gasteiger partial charge on any atom is -0.395 e. The zero-order valence-corrected chi connectivity index (χ0v) is 12.5. The lowest BCUT2D eigenvalue weighted by Crippen LogP contribution is -2.09. The Labute approximate surface area is 121 Å². The summed E-state index contributed by atoms with van der Waals surface area (Å²) < 4.78 is 18.9. The highest BCUT2D eigenvalue weighted by Crippen LogP contribution is 2.19. The Morgan fingerprint density at radius 1 is 1.30 bits per heavy atom. The highest BCUT2D eigenvalue weighted by atomic mass is 19.1. The number of hydrogen-bond acceptors (Lipinski definition) is 2. The number of aliphatic hydroxyl groups is 1. The summed E-state index contributed by atoms with van der Waals surface area (Å²) >= 11 is 0. The predicted molar refractivity (Wildman–Crippen MR) is 78.7 cm³/mol. The van der Waals surface area contributed by atoms with E-state index in [1.165, 1.54) is 12.1 Å². The molecule has 0 spiro atoms. The Hall–Kier alpha value is -1.37. The monoisotopic (exact) mass is 278 g/mol. The summed E-state index contributed by atoms with van der Waals surface area (Å²) in [6.07, 6.45) is 1.36. The summed E-state index contributed by atoms with van der Waals surface area (Å²) in [5, 5.41) is 8.72. The summed E-state index contributed by atoms with van der Waals surface area (Å²) in [5.41, 5.74) is 1.76. The Bertz CT molecular complexity index is 478. The topological polar surface area (TPSA) is 29.5 Å². The first kappa shape index (κ1) is 16.7. The van der Waals surface area contributed by atoms with Crippen molar-refractivity contribution in [3.05, 3.63) is 35.1 Å². The highest BCUT2D eigenvalue weighted by molar-refractivity contribution is 5.41. The van der Waals surface area contributed by atoms with Crippen LogP contribution < -0.4 is 0 Å². The second-order valence-corrected chi connectivity index (χ2v) is 5.94. The zero-order valence-electron chi connectivity index (χ0n) is 12.5. The maximum absolute atomic E-state index is 13.2. The number of halogens is 1. The lowest BCUT2D eigenvalue weighted by atomic mass is 9.93. The van der Waals surface area contributed by atoms with Gasteiger partial charge in [-0.2, -0.15) is 0 Å². The summed E-state index contributed by atoms with van der Waals surface area (Å²) in [4.78, 5) is 0. The molecule has 0 aliphatic carbocycles. The third kappa shape index (κ3) is 6.70. The van der Waals surface area contributed by atoms with Gasteiger partial charge in [-0.3, -0.25) is 0 Å². The Morgan fingerprint density at radius 3 is 2.70 bits per heavy atom. The Kier molecular flexibility index (Phi) is 6.70. The molecule has 0 aliphatic heterocycles. The molecule has 1 aromatic rings. The SMILES string of the molecule is CC(C)(C)CCOCc1ccc(F)cc1C#CCCO. The van der Waals surface area contributed by atoms with E-state index >= 15 is 0 Å². The standard InChI is InChI=1S/C17H23FO2/c1-17(2,3)9-11-20-13-15-7-8-16(18)12-14(15)6-4-5-10-19/h7-8,12,19H,5,9-11,13H2,1-3H3. The van der Waals surface area contributed by atoms with Gasteiger partial charge in [0.25, 0.3) is 0 Å². The van der Waals surface area contributed by atoms with Gasteiger partial charge >= 0.3 is 0 Å². The van der Waals surface area contributed by atoms with Gasteiger partial charge in [0.05, 0.1) is 13.2 Å². The minimum absolute atomic E-state index is 0.0136. The molecule has 1 rings (SSSR count). The maximum atomic E-state index is 13.2. The quantitative estimate of drug-likeness (QED) is 0.659. The van der Waals surface area contributed by atoms with Crippen molar-refractivity contribution in [1.29, 1.82) is 0 Å². The lowest BCUT2D eigenvalue weighted by molar-refractivity contribution is 0.0961. The molecular weight excluding hydrogens is 255 g/mol. The fourth-order valence-electron chi connectivity index (χ4n) is 1.57. The first-order valence-electron chi connectivity index (χ1n) is 6.88. The lowest BCUT2D eigenvalue weighted by Gasteiger charge is -2.17. The van der Waals surface area contributed by atoms with Crippen LogP contribution in [0.25, 0.3) is 0 Å². The van der Waals surface area contributed by atoms with Gasteiger partial charge in [0.2, 0.25) is 0 Å². The molecule has 0 amide bonds. The van der Waals surface area contributed by atoms with E-state index < -0.39 is 0 Å². The largest absolute Gasteiger partial charge is 0.395 e. The average Bonchev–Trinajstić information content (AvgIpc) is 2.36. The second kappa shape index (κ2) is 8.04. The van der Waals surface area contributed by atoms with Crippen molar-refractivity contribution in [3.63, 3.8) is 0 Å². The van der Waals surface area contributed by atoms with Crippen LogP contribution in [0.3, 0.4) is 0 Å². The minimum atomic E-state index is -0.309. The molecular formula is C17H23FO2. The van der Waals surface area contributed by atoms with E-state index in [4.69, 9.17) is 9.84 Å². The van der Waals surface area contributed by atoms with Crippen LogP contribution in [0.2, 0.25) is 0 Å². The van der Waals surface area contributed by atoms with E-state index in [0.717, 1.165) is 12.0 Å². The van der Waals surface area contributed by atoms with Gasteiger partial charge in [-0.1, -0.05) is 38.7 Å². The zero-order chi connectivity index (χ0) is 15.0. The van der Waals surface area contributed by atoms with E-state index in [1.807, 2.05) is 0 Å². The van der Waals surface area contributed by atoms with Crippen LogP contribution in [-0.4, -0.2) is 18.3 Å². The highest BCUT2D eigenvalue weighted by Gasteiger charge is 2.10. The number of ether oxygens (including phenoxy) is 1. The molecule has 110 valence electrons. The molecule has 0 fully saturated rings. The molecule has 0 unspecified atom stereocenters. The normalized spacial score (nSPS) is 11.1. The molecule has 0 heterocycles. The molecule has 0 aliphatic rings. The van der Waals surface area contributed by atoms with E-state index in [0.29, 0.717) is 25.2 Å². The molecule has 0 saturated heterocycles. The molecule has 1 aromatic carbocycles. The third-order valence-electron chi connectivity index (χ3n) is 2.79. The molecule has 0 aromatic heterocycles. The fraction of sp³-hybridized carbons (Fsp3) is 0.529. The van der Waals surface area contributed by atoms with Gasteiger partial charge in [-0.25, -0.2) is 4.39 Å². The van der Waals surface area contributed by atoms with Crippen LogP contribution in [0.15, 0.2) is 18.2 Å². The Balaban J connectivity index is 2.63. The van der Waals surface area contributed by atoms with Crippen molar-refractivity contribution in [3.8, 4) is 11.8 Å². The van der Waals surface area contributed by atoms with Crippen molar-refractivity contribution in [1.82, 2.24) is 0 Å². The fourth-order valence-corrected chi connectivity index (χ4v) is 1.57. The summed E-state index contributed by atoms with van der Waals surface area (Å²) in [6.45, 7) is 7.61. The average molecular weight is 278 g/mol. The maximum Gasteiger partial charge on any atom is 0.124 e. The molecule has 0 atom stereocenters. The van der Waals surface area contributed by atoms with Gasteiger partial charge in [0.1, 0.15) is 5.82 Å². The van der Waals surface area contributed by atoms with Gasteiger partial charge in [0, 0.05) is 18.6 Å². The van der Waals surface area contributed by atoms with Crippen molar-refractivity contribution in [2.45, 2.75) is 40.2 Å². The van der Waals surface area contributed by atoms with Gasteiger partial charge < -0.3 is 9.84 Å². The van der Waals surface area contributed by atoms with Gasteiger partial charge in [-0.05, 0) is 29.5 Å². The molecule has 0 saturated carbocycles. The predicted octanol–water partition coefficient (Wildman–Crippen LogP) is 3.51. The van der Waals surface area contributed by atoms with Crippen LogP contribution in [0.1, 0.15) is 44.7 Å². The molecule has 0 bridgehead atoms. The summed E-state index contributed by atoms with van der Waals surface area (Å²) in [6, 6.07) is 4.53. The number of rotatable bonds is 5. The van der Waals surface area contributed by atoms with Crippen LogP contribution in [0, 0.1) is 23.1 Å². The molecule has 0 radical (unpaired) electrons. The number of hydrogen-bond donors (Lipinski definition) is 1. The van der Waals surface area contributed by atoms with Crippen LogP contribution >= 0.6 is 0 Å². The van der Waals surface area contributed by atoms with Crippen LogP contribution in [0.4, 0.5) is 4.39 Å². The number of benzene rings is 1. The molecule has 1 N–H and O–H groups in total. The van der Waals surface area contributed by atoms with Crippen LogP contribution in [-0.2, 0) is 11.3 Å². The van der Waals surface area contributed by atoms with Crippen molar-refractivity contribution >= 4 is 0 Å². The van der Waals surface area contributed by atoms with E-state index in [1.54, 1.807) is 6.07 Å².